The zero-order chi connectivity index (χ0) is 37.1. The van der Waals surface area contributed by atoms with E-state index in [4.69, 9.17) is 24.8 Å². The molecule has 14 heteroatoms. The maximum Gasteiger partial charge on any atom is 0.290 e. The summed E-state index contributed by atoms with van der Waals surface area (Å²) in [5.74, 6) is -0.971. The number of amides is 1. The van der Waals surface area contributed by atoms with Crippen molar-refractivity contribution in [1.29, 1.82) is 15.8 Å². The number of benzene rings is 3. The lowest BCUT2D eigenvalue weighted by Gasteiger charge is -2.34. The average Bonchev–Trinajstić information content (AvgIpc) is 3.15. The van der Waals surface area contributed by atoms with Gasteiger partial charge in [-0.2, -0.15) is 15.8 Å². The predicted octanol–water partition coefficient (Wildman–Crippen LogP) is 5.60. The Kier molecular flexibility index (Phi) is 12.2. The second-order valence-corrected chi connectivity index (χ2v) is 11.2. The standard InChI is InChI=1S/C36H30FN7O4.CH2O2/c1-21(28(18-39)36(46)43-47)22-5-8-26(9-6-22)42-27-11-13-44(14-12-27)35-29(19-40)34(24-3-4-25(17-38)31(37)15-24)30(20-41-35)23-7-10-33(48-2)32(45)16-23;2-1-3/h3-10,15-16,20,27,42,45,47H,11-14H2,1-2H3,(H,43,46);1H,(H,2,3). The number of piperidine rings is 1. The summed E-state index contributed by atoms with van der Waals surface area (Å²) in [6.07, 6.45) is 3.04. The molecule has 51 heavy (non-hydrogen) atoms. The molecule has 0 radical (unpaired) electrons. The van der Waals surface area contributed by atoms with Crippen LogP contribution in [0.25, 0.3) is 27.8 Å². The van der Waals surface area contributed by atoms with Crippen molar-refractivity contribution in [2.75, 3.05) is 30.4 Å². The number of anilines is 2. The summed E-state index contributed by atoms with van der Waals surface area (Å²) in [6.45, 7) is 2.53. The topological polar surface area (TPSA) is 216 Å². The lowest BCUT2D eigenvalue weighted by atomic mass is 9.91. The minimum absolute atomic E-state index is 0.105. The fourth-order valence-electron chi connectivity index (χ4n) is 5.78. The summed E-state index contributed by atoms with van der Waals surface area (Å²) in [5.41, 5.74) is 5.24. The number of carbonyl (C=O) groups excluding carboxylic acids is 1. The Morgan fingerprint density at radius 1 is 1.04 bits per heavy atom. The van der Waals surface area contributed by atoms with Crippen molar-refractivity contribution in [2.24, 2.45) is 0 Å². The van der Waals surface area contributed by atoms with Crippen LogP contribution in [-0.2, 0) is 9.59 Å². The van der Waals surface area contributed by atoms with Gasteiger partial charge >= 0.3 is 0 Å². The Morgan fingerprint density at radius 3 is 2.25 bits per heavy atom. The number of hydrogen-bond acceptors (Lipinski definition) is 11. The Labute approximate surface area is 292 Å². The van der Waals surface area contributed by atoms with Gasteiger partial charge < -0.3 is 25.2 Å². The van der Waals surface area contributed by atoms with Crippen molar-refractivity contribution >= 4 is 29.5 Å². The van der Waals surface area contributed by atoms with Crippen molar-refractivity contribution in [3.8, 4) is 52.0 Å². The first-order valence-electron chi connectivity index (χ1n) is 15.4. The number of rotatable bonds is 8. The van der Waals surface area contributed by atoms with Crippen LogP contribution >= 0.6 is 0 Å². The molecule has 258 valence electrons. The largest absolute Gasteiger partial charge is 0.504 e. The average molecular weight is 690 g/mol. The second-order valence-electron chi connectivity index (χ2n) is 11.2. The van der Waals surface area contributed by atoms with Crippen LogP contribution in [0.15, 0.2) is 72.4 Å². The molecule has 1 aromatic heterocycles. The molecule has 0 atom stereocenters. The van der Waals surface area contributed by atoms with E-state index < -0.39 is 11.7 Å². The number of ether oxygens (including phenoxy) is 1. The van der Waals surface area contributed by atoms with E-state index >= 15 is 0 Å². The van der Waals surface area contributed by atoms with Crippen molar-refractivity contribution in [2.45, 2.75) is 25.8 Å². The first-order chi connectivity index (χ1) is 24.6. The minimum Gasteiger partial charge on any atom is -0.504 e. The minimum atomic E-state index is -0.871. The molecule has 1 amide bonds. The molecule has 5 N–H and O–H groups in total. The van der Waals surface area contributed by atoms with E-state index in [1.807, 2.05) is 29.2 Å². The number of aromatic hydroxyl groups is 1. The zero-order valence-electron chi connectivity index (χ0n) is 27.5. The molecule has 0 bridgehead atoms. The molecule has 3 aromatic carbocycles. The molecule has 0 spiro atoms. The number of phenolic OH excluding ortho intramolecular Hbond substituents is 1. The van der Waals surface area contributed by atoms with Gasteiger partial charge in [0, 0.05) is 42.1 Å². The number of pyridine rings is 1. The molecule has 1 aliphatic rings. The molecule has 0 aliphatic carbocycles. The Bertz CT molecular complexity index is 2090. The van der Waals surface area contributed by atoms with Crippen LogP contribution in [0.1, 0.15) is 36.5 Å². The normalized spacial score (nSPS) is 12.8. The van der Waals surface area contributed by atoms with Crippen LogP contribution in [0.4, 0.5) is 15.9 Å². The third-order valence-electron chi connectivity index (χ3n) is 8.34. The van der Waals surface area contributed by atoms with Gasteiger partial charge in [-0.25, -0.2) is 14.9 Å². The molecule has 2 heterocycles. The van der Waals surface area contributed by atoms with E-state index in [9.17, 15) is 30.1 Å². The summed E-state index contributed by atoms with van der Waals surface area (Å²) in [7, 11) is 1.44. The van der Waals surface area contributed by atoms with Crippen molar-refractivity contribution < 1.29 is 34.1 Å². The quantitative estimate of drug-likeness (QED) is 0.0503. The van der Waals surface area contributed by atoms with Crippen LogP contribution < -0.4 is 20.4 Å². The van der Waals surface area contributed by atoms with E-state index in [2.05, 4.69) is 11.4 Å². The van der Waals surface area contributed by atoms with Gasteiger partial charge in [0.05, 0.1) is 12.7 Å². The summed E-state index contributed by atoms with van der Waals surface area (Å²) < 4.78 is 20.0. The Morgan fingerprint density at radius 2 is 1.71 bits per heavy atom. The van der Waals surface area contributed by atoms with Crippen LogP contribution in [0.5, 0.6) is 11.5 Å². The number of methoxy groups -OCH3 is 1. The van der Waals surface area contributed by atoms with Gasteiger partial charge in [-0.15, -0.1) is 0 Å². The first kappa shape index (κ1) is 36.9. The van der Waals surface area contributed by atoms with Gasteiger partial charge in [0.1, 0.15) is 41.0 Å². The molecule has 5 rings (SSSR count). The molecule has 1 fully saturated rings. The number of hydrogen-bond donors (Lipinski definition) is 5. The van der Waals surface area contributed by atoms with Crippen molar-refractivity contribution in [3.05, 3.63) is 94.9 Å². The van der Waals surface area contributed by atoms with Gasteiger partial charge in [-0.3, -0.25) is 14.8 Å². The van der Waals surface area contributed by atoms with Crippen molar-refractivity contribution in [3.63, 3.8) is 0 Å². The fourth-order valence-corrected chi connectivity index (χ4v) is 5.78. The third kappa shape index (κ3) is 8.20. The van der Waals surface area contributed by atoms with E-state index in [-0.39, 0.29) is 40.7 Å². The van der Waals surface area contributed by atoms with E-state index in [1.165, 1.54) is 30.8 Å². The summed E-state index contributed by atoms with van der Waals surface area (Å²) in [5, 5.41) is 58.8. The Balaban J connectivity index is 0.00000188. The van der Waals surface area contributed by atoms with E-state index in [0.29, 0.717) is 52.3 Å². The molecular weight excluding hydrogens is 657 g/mol. The van der Waals surface area contributed by atoms with Crippen LogP contribution in [0.2, 0.25) is 0 Å². The highest BCUT2D eigenvalue weighted by atomic mass is 19.1. The highest BCUT2D eigenvalue weighted by Gasteiger charge is 2.26. The number of hydroxylamine groups is 1. The number of nitriles is 3. The molecule has 13 nitrogen and oxygen atoms in total. The molecule has 4 aromatic rings. The number of allylic oxidation sites excluding steroid dienone is 1. The van der Waals surface area contributed by atoms with Crippen molar-refractivity contribution in [1.82, 2.24) is 10.5 Å². The van der Waals surface area contributed by atoms with E-state index in [0.717, 1.165) is 18.5 Å². The maximum atomic E-state index is 14.9. The van der Waals surface area contributed by atoms with Gasteiger partial charge in [0.25, 0.3) is 12.4 Å². The number of carbonyl (C=O) groups is 2. The fraction of sp³-hybridized carbons (Fsp3) is 0.189. The first-order valence-corrected chi connectivity index (χ1v) is 15.4. The van der Waals surface area contributed by atoms with Gasteiger partial charge in [0.2, 0.25) is 0 Å². The van der Waals surface area contributed by atoms with Crippen LogP contribution in [-0.4, -0.2) is 59.0 Å². The molecular formula is C37H32FN7O6. The van der Waals surface area contributed by atoms with Crippen LogP contribution in [0.3, 0.4) is 0 Å². The van der Waals surface area contributed by atoms with Gasteiger partial charge in [-0.05, 0) is 78.4 Å². The highest BCUT2D eigenvalue weighted by molar-refractivity contribution is 6.04. The number of halogens is 1. The molecule has 0 unspecified atom stereocenters. The summed E-state index contributed by atoms with van der Waals surface area (Å²) >= 11 is 0. The SMILES string of the molecule is COc1ccc(-c2cnc(N3CCC(Nc4ccc(C(C)=C(C#N)C(=O)NO)cc4)CC3)c(C#N)c2-c2ccc(C#N)c(F)c2)cc1O.O=CO. The maximum absolute atomic E-state index is 14.9. The Hall–Kier alpha value is -6.95. The lowest BCUT2D eigenvalue weighted by Crippen LogP contribution is -2.40. The molecule has 1 aliphatic heterocycles. The number of nitrogens with one attached hydrogen (secondary N) is 2. The highest BCUT2D eigenvalue weighted by Crippen LogP contribution is 2.41. The van der Waals surface area contributed by atoms with Gasteiger partial charge in [0.15, 0.2) is 11.5 Å². The number of phenols is 1. The number of aromatic nitrogens is 1. The third-order valence-corrected chi connectivity index (χ3v) is 8.34. The number of carboxylic acid groups (broad SMARTS) is 1. The van der Waals surface area contributed by atoms with Gasteiger partial charge in [-0.1, -0.05) is 24.3 Å². The van der Waals surface area contributed by atoms with Crippen LogP contribution in [0, 0.1) is 39.8 Å². The summed E-state index contributed by atoms with van der Waals surface area (Å²) in [6, 6.07) is 22.3. The lowest BCUT2D eigenvalue weighted by molar-refractivity contribution is -0.125. The second kappa shape index (κ2) is 16.9. The molecule has 1 saturated heterocycles. The predicted molar refractivity (Wildman–Crippen MR) is 185 cm³/mol. The smallest absolute Gasteiger partial charge is 0.290 e. The zero-order valence-corrected chi connectivity index (χ0v) is 27.5. The molecule has 0 saturated carbocycles. The number of nitrogens with zero attached hydrogens (tertiary/aromatic N) is 5. The monoisotopic (exact) mass is 689 g/mol. The van der Waals surface area contributed by atoms with E-state index in [1.54, 1.807) is 43.5 Å². The summed E-state index contributed by atoms with van der Waals surface area (Å²) in [4.78, 5) is 26.9.